The van der Waals surface area contributed by atoms with Gasteiger partial charge in [0.05, 0.1) is 16.0 Å². The number of rotatable bonds is 3. The number of carboxylic acids is 2. The number of hydrogen-bond donors (Lipinski definition) is 2. The van der Waals surface area contributed by atoms with Crippen molar-refractivity contribution < 1.29 is 19.8 Å². The molecule has 8 heteroatoms. The molecular weight excluding hydrogens is 313 g/mol. The Balaban J connectivity index is 0.00000162. The van der Waals surface area contributed by atoms with Crippen molar-refractivity contribution in [1.29, 1.82) is 0 Å². The van der Waals surface area contributed by atoms with Gasteiger partial charge in [0.2, 0.25) is 0 Å². The van der Waals surface area contributed by atoms with E-state index in [4.69, 9.17) is 28.3 Å². The van der Waals surface area contributed by atoms with Crippen LogP contribution < -0.4 is 0 Å². The van der Waals surface area contributed by atoms with Crippen LogP contribution in [0.25, 0.3) is 0 Å². The summed E-state index contributed by atoms with van der Waals surface area (Å²) in [6, 6.07) is 4.40. The second kappa shape index (κ2) is 7.14. The number of carbonyl (C=O) groups is 2. The van der Waals surface area contributed by atoms with E-state index in [2.05, 4.69) is 0 Å². The third-order valence-corrected chi connectivity index (χ3v) is 3.81. The second-order valence-electron chi connectivity index (χ2n) is 4.00. The van der Waals surface area contributed by atoms with Crippen LogP contribution >= 0.6 is 23.2 Å². The molecule has 92 valence electrons. The minimum Gasteiger partial charge on any atom is -0.481 e. The number of carboxylic acid groups (broad SMARTS) is 2. The van der Waals surface area contributed by atoms with Crippen molar-refractivity contribution in [2.45, 2.75) is 11.8 Å². The fourth-order valence-electron chi connectivity index (χ4n) is 2.01. The molecule has 0 spiro atoms. The SMILES string of the molecule is O=C(O)C1CC1(C(=O)O)c1ccc(Cl)c(Cl)c1.[Na].[Na]. The molecule has 1 fully saturated rings. The van der Waals surface area contributed by atoms with Gasteiger partial charge in [-0.3, -0.25) is 9.59 Å². The molecule has 1 aromatic carbocycles. The predicted molar refractivity (Wildman–Crippen MR) is 73.0 cm³/mol. The smallest absolute Gasteiger partial charge is 0.315 e. The Bertz CT molecular complexity index is 523. The molecule has 2 atom stereocenters. The van der Waals surface area contributed by atoms with Gasteiger partial charge in [-0.15, -0.1) is 0 Å². The first-order valence-corrected chi connectivity index (χ1v) is 5.57. The Morgan fingerprint density at radius 3 is 2.11 bits per heavy atom. The van der Waals surface area contributed by atoms with Gasteiger partial charge in [-0.2, -0.15) is 0 Å². The number of benzene rings is 1. The van der Waals surface area contributed by atoms with Crippen LogP contribution in [0.15, 0.2) is 18.2 Å². The summed E-state index contributed by atoms with van der Waals surface area (Å²) in [7, 11) is 0. The van der Waals surface area contributed by atoms with Crippen LogP contribution in [0.4, 0.5) is 0 Å². The molecule has 0 bridgehead atoms. The average molecular weight is 321 g/mol. The molecule has 2 rings (SSSR count). The first-order chi connectivity index (χ1) is 7.89. The van der Waals surface area contributed by atoms with Crippen LogP contribution in [0.1, 0.15) is 12.0 Å². The third-order valence-electron chi connectivity index (χ3n) is 3.08. The molecule has 1 saturated carbocycles. The number of aliphatic carboxylic acids is 2. The molecule has 2 radical (unpaired) electrons. The van der Waals surface area contributed by atoms with E-state index in [1.165, 1.54) is 18.2 Å². The molecule has 2 N–H and O–H groups in total. The molecule has 4 nitrogen and oxygen atoms in total. The Kier molecular flexibility index (Phi) is 7.42. The van der Waals surface area contributed by atoms with Gasteiger partial charge >= 0.3 is 11.9 Å². The van der Waals surface area contributed by atoms with Crippen LogP contribution in [0, 0.1) is 5.92 Å². The molecule has 0 saturated heterocycles. The Morgan fingerprint density at radius 2 is 1.74 bits per heavy atom. The summed E-state index contributed by atoms with van der Waals surface area (Å²) in [6.07, 6.45) is 0.0790. The van der Waals surface area contributed by atoms with Crippen LogP contribution in [0.3, 0.4) is 0 Å². The van der Waals surface area contributed by atoms with E-state index < -0.39 is 23.3 Å². The van der Waals surface area contributed by atoms with Crippen molar-refractivity contribution in [3.8, 4) is 0 Å². The van der Waals surface area contributed by atoms with Crippen molar-refractivity contribution in [1.82, 2.24) is 0 Å². The minimum atomic E-state index is -1.36. The van der Waals surface area contributed by atoms with E-state index in [1.54, 1.807) is 0 Å². The summed E-state index contributed by atoms with van der Waals surface area (Å²) in [5.41, 5.74) is -0.980. The number of halogens is 2. The van der Waals surface area contributed by atoms with Gasteiger partial charge < -0.3 is 10.2 Å². The van der Waals surface area contributed by atoms with Crippen LogP contribution in [0.2, 0.25) is 10.0 Å². The van der Waals surface area contributed by atoms with Crippen LogP contribution in [-0.2, 0) is 15.0 Å². The van der Waals surface area contributed by atoms with Gasteiger partial charge in [-0.1, -0.05) is 29.3 Å². The van der Waals surface area contributed by atoms with E-state index in [0.717, 1.165) is 0 Å². The Hall–Kier alpha value is 0.740. The van der Waals surface area contributed by atoms with E-state index in [1.807, 2.05) is 0 Å². The zero-order valence-corrected chi connectivity index (χ0v) is 16.0. The molecule has 19 heavy (non-hydrogen) atoms. The van der Waals surface area contributed by atoms with Gasteiger partial charge in [0.15, 0.2) is 0 Å². The molecule has 1 aromatic rings. The van der Waals surface area contributed by atoms with Crippen molar-refractivity contribution in [3.05, 3.63) is 33.8 Å². The fraction of sp³-hybridized carbons (Fsp3) is 0.273. The van der Waals surface area contributed by atoms with Gasteiger partial charge in [-0.05, 0) is 24.1 Å². The first kappa shape index (κ1) is 19.7. The van der Waals surface area contributed by atoms with Crippen molar-refractivity contribution in [3.63, 3.8) is 0 Å². The molecular formula is C11H8Cl2Na2O4. The van der Waals surface area contributed by atoms with Crippen molar-refractivity contribution >= 4 is 94.3 Å². The van der Waals surface area contributed by atoms with Crippen molar-refractivity contribution in [2.24, 2.45) is 5.92 Å². The van der Waals surface area contributed by atoms with Gasteiger partial charge in [0.25, 0.3) is 0 Å². The van der Waals surface area contributed by atoms with Crippen molar-refractivity contribution in [2.75, 3.05) is 0 Å². The zero-order valence-electron chi connectivity index (χ0n) is 10.5. The summed E-state index contributed by atoms with van der Waals surface area (Å²) in [5.74, 6) is -3.17. The molecule has 1 aliphatic carbocycles. The fourth-order valence-corrected chi connectivity index (χ4v) is 2.31. The molecule has 0 heterocycles. The largest absolute Gasteiger partial charge is 0.481 e. The topological polar surface area (TPSA) is 74.6 Å². The van der Waals surface area contributed by atoms with Gasteiger partial charge in [-0.25, -0.2) is 0 Å². The third kappa shape index (κ3) is 3.50. The summed E-state index contributed by atoms with van der Waals surface area (Å²) < 4.78 is 0. The summed E-state index contributed by atoms with van der Waals surface area (Å²) in [4.78, 5) is 22.1. The molecule has 1 aliphatic rings. The first-order valence-electron chi connectivity index (χ1n) is 4.81. The predicted octanol–water partition coefficient (Wildman–Crippen LogP) is 1.66. The average Bonchev–Trinajstić information content (AvgIpc) is 2.98. The maximum Gasteiger partial charge on any atom is 0.315 e. The quantitative estimate of drug-likeness (QED) is 0.831. The zero-order chi connectivity index (χ0) is 12.8. The maximum atomic E-state index is 11.3. The monoisotopic (exact) mass is 320 g/mol. The van der Waals surface area contributed by atoms with Crippen LogP contribution in [-0.4, -0.2) is 81.3 Å². The molecule has 0 aliphatic heterocycles. The summed E-state index contributed by atoms with van der Waals surface area (Å²) >= 11 is 11.5. The minimum absolute atomic E-state index is 0. The van der Waals surface area contributed by atoms with E-state index >= 15 is 0 Å². The standard InChI is InChI=1S/C11H8Cl2O4.2Na/c12-7-2-1-5(3-8(7)13)11(10(16)17)4-6(11)9(14)15;;/h1-3,6H,4H2,(H,14,15)(H,16,17);;. The maximum absolute atomic E-state index is 11.3. The Labute approximate surface area is 164 Å². The molecule has 0 aromatic heterocycles. The Morgan fingerprint density at radius 1 is 1.16 bits per heavy atom. The number of hydrogen-bond acceptors (Lipinski definition) is 2. The normalized spacial score (nSPS) is 23.8. The second-order valence-corrected chi connectivity index (χ2v) is 4.81. The molecule has 2 unspecified atom stereocenters. The van der Waals surface area contributed by atoms with Gasteiger partial charge in [0, 0.05) is 59.1 Å². The van der Waals surface area contributed by atoms with E-state index in [-0.39, 0.29) is 70.6 Å². The van der Waals surface area contributed by atoms with E-state index in [0.29, 0.717) is 10.6 Å². The van der Waals surface area contributed by atoms with E-state index in [9.17, 15) is 14.7 Å². The van der Waals surface area contributed by atoms with Gasteiger partial charge in [0.1, 0.15) is 5.41 Å². The summed E-state index contributed by atoms with van der Waals surface area (Å²) in [5, 5.41) is 18.6. The molecule has 0 amide bonds. The van der Waals surface area contributed by atoms with Crippen LogP contribution in [0.5, 0.6) is 0 Å². The summed E-state index contributed by atoms with van der Waals surface area (Å²) in [6.45, 7) is 0.